The number of carbonyl (C=O) groups is 1. The Kier molecular flexibility index (Phi) is 5.39. The maximum atomic E-state index is 10.8. The van der Waals surface area contributed by atoms with Gasteiger partial charge in [-0.1, -0.05) is 6.08 Å². The summed E-state index contributed by atoms with van der Waals surface area (Å²) in [6.45, 7) is 9.10. The summed E-state index contributed by atoms with van der Waals surface area (Å²) in [6.07, 6.45) is 3.08. The molecular formula is C10H19NO2. The first-order chi connectivity index (χ1) is 5.95. The fourth-order valence-corrected chi connectivity index (χ4v) is 0.762. The van der Waals surface area contributed by atoms with E-state index in [4.69, 9.17) is 4.74 Å². The molecule has 0 fully saturated rings. The molecule has 0 aliphatic carbocycles. The molecule has 0 aromatic carbocycles. The van der Waals surface area contributed by atoms with Gasteiger partial charge in [-0.05, 0) is 27.7 Å². The van der Waals surface area contributed by atoms with Crippen molar-refractivity contribution in [3.8, 4) is 0 Å². The molecule has 0 radical (unpaired) electrons. The van der Waals surface area contributed by atoms with Gasteiger partial charge < -0.3 is 10.1 Å². The van der Waals surface area contributed by atoms with Gasteiger partial charge >= 0.3 is 5.97 Å². The highest BCUT2D eigenvalue weighted by molar-refractivity contribution is 5.81. The number of ether oxygens (including phenoxy) is 1. The van der Waals surface area contributed by atoms with E-state index in [1.54, 1.807) is 13.0 Å². The van der Waals surface area contributed by atoms with Gasteiger partial charge in [-0.3, -0.25) is 0 Å². The molecule has 13 heavy (non-hydrogen) atoms. The summed E-state index contributed by atoms with van der Waals surface area (Å²) in [5.41, 5.74) is 0.0764. The van der Waals surface area contributed by atoms with Gasteiger partial charge in [0.15, 0.2) is 0 Å². The number of allylic oxidation sites excluding steroid dienone is 1. The van der Waals surface area contributed by atoms with Crippen LogP contribution in [-0.2, 0) is 9.53 Å². The molecule has 3 heteroatoms. The number of esters is 1. The van der Waals surface area contributed by atoms with E-state index in [2.05, 4.69) is 26.1 Å². The topological polar surface area (TPSA) is 38.3 Å². The van der Waals surface area contributed by atoms with Crippen molar-refractivity contribution in [2.24, 2.45) is 0 Å². The molecule has 0 saturated carbocycles. The molecule has 3 nitrogen and oxygen atoms in total. The third-order valence-electron chi connectivity index (χ3n) is 1.30. The molecular weight excluding hydrogens is 166 g/mol. The second-order valence-corrected chi connectivity index (χ2v) is 3.84. The van der Waals surface area contributed by atoms with Crippen LogP contribution < -0.4 is 5.32 Å². The van der Waals surface area contributed by atoms with E-state index in [0.717, 1.165) is 0 Å². The first kappa shape index (κ1) is 12.2. The second-order valence-electron chi connectivity index (χ2n) is 3.84. The molecule has 0 rings (SSSR count). The second kappa shape index (κ2) is 5.75. The Morgan fingerprint density at radius 1 is 1.46 bits per heavy atom. The Balaban J connectivity index is 3.41. The monoisotopic (exact) mass is 185 g/mol. The molecule has 0 unspecified atom stereocenters. The van der Waals surface area contributed by atoms with Gasteiger partial charge in [-0.2, -0.15) is 0 Å². The highest BCUT2D eigenvalue weighted by Gasteiger charge is 2.07. The van der Waals surface area contributed by atoms with Crippen LogP contribution in [0.4, 0.5) is 0 Å². The van der Waals surface area contributed by atoms with Gasteiger partial charge in [0.2, 0.25) is 0 Å². The van der Waals surface area contributed by atoms with E-state index in [-0.39, 0.29) is 11.5 Å². The zero-order valence-electron chi connectivity index (χ0n) is 8.89. The number of hydrogen-bond acceptors (Lipinski definition) is 3. The third-order valence-corrected chi connectivity index (χ3v) is 1.30. The smallest absolute Gasteiger partial charge is 0.330 e. The molecule has 1 N–H and O–H groups in total. The zero-order valence-corrected chi connectivity index (χ0v) is 8.89. The highest BCUT2D eigenvalue weighted by Crippen LogP contribution is 1.96. The van der Waals surface area contributed by atoms with Crippen LogP contribution in [0.25, 0.3) is 0 Å². The summed E-state index contributed by atoms with van der Waals surface area (Å²) < 4.78 is 4.89. The summed E-state index contributed by atoms with van der Waals surface area (Å²) in [6, 6.07) is 0. The highest BCUT2D eigenvalue weighted by atomic mass is 16.5. The fourth-order valence-electron chi connectivity index (χ4n) is 0.762. The molecule has 0 saturated heterocycles. The fraction of sp³-hybridized carbons (Fsp3) is 0.700. The van der Waals surface area contributed by atoms with E-state index in [1.807, 2.05) is 0 Å². The normalized spacial score (nSPS) is 12.0. The average Bonchev–Trinajstić information content (AvgIpc) is 1.97. The molecule has 0 aliphatic rings. The van der Waals surface area contributed by atoms with Crippen molar-refractivity contribution in [2.75, 3.05) is 13.2 Å². The maximum Gasteiger partial charge on any atom is 0.330 e. The molecule has 0 aromatic rings. The standard InChI is InChI=1S/C10H19NO2/c1-5-6-9(12)13-8-7-11-10(2,3)4/h5-6,11H,7-8H2,1-4H3/b6-5-. The minimum absolute atomic E-state index is 0.0764. The van der Waals surface area contributed by atoms with Crippen LogP contribution in [0, 0.1) is 0 Å². The van der Waals surface area contributed by atoms with Crippen LogP contribution in [0.15, 0.2) is 12.2 Å². The number of hydrogen-bond donors (Lipinski definition) is 1. The SMILES string of the molecule is C/C=C\C(=O)OCCNC(C)(C)C. The van der Waals surface area contributed by atoms with Crippen molar-refractivity contribution < 1.29 is 9.53 Å². The lowest BCUT2D eigenvalue weighted by Gasteiger charge is -2.19. The van der Waals surface area contributed by atoms with E-state index >= 15 is 0 Å². The predicted molar refractivity (Wildman–Crippen MR) is 53.5 cm³/mol. The molecule has 0 aliphatic heterocycles. The van der Waals surface area contributed by atoms with E-state index < -0.39 is 0 Å². The van der Waals surface area contributed by atoms with Gasteiger partial charge in [0.25, 0.3) is 0 Å². The molecule has 0 amide bonds. The van der Waals surface area contributed by atoms with E-state index in [1.165, 1.54) is 6.08 Å². The number of rotatable bonds is 4. The minimum atomic E-state index is -0.279. The third kappa shape index (κ3) is 9.08. The van der Waals surface area contributed by atoms with Crippen molar-refractivity contribution >= 4 is 5.97 Å². The lowest BCUT2D eigenvalue weighted by molar-refractivity contribution is -0.137. The number of carbonyl (C=O) groups excluding carboxylic acids is 1. The van der Waals surface area contributed by atoms with Gasteiger partial charge in [0, 0.05) is 18.2 Å². The van der Waals surface area contributed by atoms with Crippen molar-refractivity contribution in [3.05, 3.63) is 12.2 Å². The van der Waals surface area contributed by atoms with Crippen molar-refractivity contribution in [1.82, 2.24) is 5.32 Å². The van der Waals surface area contributed by atoms with Gasteiger partial charge in [0.1, 0.15) is 6.61 Å². The quantitative estimate of drug-likeness (QED) is 0.410. The average molecular weight is 185 g/mol. The zero-order chi connectivity index (χ0) is 10.3. The molecule has 76 valence electrons. The Hall–Kier alpha value is -0.830. The minimum Gasteiger partial charge on any atom is -0.461 e. The predicted octanol–water partition coefficient (Wildman–Crippen LogP) is 1.49. The van der Waals surface area contributed by atoms with Crippen LogP contribution in [0.1, 0.15) is 27.7 Å². The van der Waals surface area contributed by atoms with Gasteiger partial charge in [-0.25, -0.2) is 4.79 Å². The summed E-state index contributed by atoms with van der Waals surface area (Å²) in [5, 5.41) is 3.22. The summed E-state index contributed by atoms with van der Waals surface area (Å²) >= 11 is 0. The Labute approximate surface area is 80.2 Å². The Morgan fingerprint density at radius 3 is 2.54 bits per heavy atom. The van der Waals surface area contributed by atoms with Crippen molar-refractivity contribution in [1.29, 1.82) is 0 Å². The van der Waals surface area contributed by atoms with Crippen molar-refractivity contribution in [2.45, 2.75) is 33.2 Å². The molecule has 0 aromatic heterocycles. The van der Waals surface area contributed by atoms with Crippen LogP contribution >= 0.6 is 0 Å². The lowest BCUT2D eigenvalue weighted by atomic mass is 10.1. The van der Waals surface area contributed by atoms with Crippen LogP contribution in [0.2, 0.25) is 0 Å². The summed E-state index contributed by atoms with van der Waals surface area (Å²) in [4.78, 5) is 10.8. The first-order valence-corrected chi connectivity index (χ1v) is 4.50. The molecule has 0 atom stereocenters. The largest absolute Gasteiger partial charge is 0.461 e. The first-order valence-electron chi connectivity index (χ1n) is 4.50. The lowest BCUT2D eigenvalue weighted by Crippen LogP contribution is -2.38. The maximum absolute atomic E-state index is 10.8. The van der Waals surface area contributed by atoms with Crippen LogP contribution in [0.3, 0.4) is 0 Å². The van der Waals surface area contributed by atoms with E-state index in [0.29, 0.717) is 13.2 Å². The Bertz CT molecular complexity index is 180. The van der Waals surface area contributed by atoms with Crippen molar-refractivity contribution in [3.63, 3.8) is 0 Å². The van der Waals surface area contributed by atoms with Gasteiger partial charge in [-0.15, -0.1) is 0 Å². The van der Waals surface area contributed by atoms with Gasteiger partial charge in [0.05, 0.1) is 0 Å². The summed E-state index contributed by atoms with van der Waals surface area (Å²) in [7, 11) is 0. The van der Waals surface area contributed by atoms with E-state index in [9.17, 15) is 4.79 Å². The van der Waals surface area contributed by atoms with Crippen LogP contribution in [0.5, 0.6) is 0 Å². The molecule has 0 bridgehead atoms. The molecule has 0 heterocycles. The van der Waals surface area contributed by atoms with Crippen LogP contribution in [-0.4, -0.2) is 24.7 Å². The number of nitrogens with one attached hydrogen (secondary N) is 1. The molecule has 0 spiro atoms. The Morgan fingerprint density at radius 2 is 2.08 bits per heavy atom. The summed E-state index contributed by atoms with van der Waals surface area (Å²) in [5.74, 6) is -0.279.